The Kier molecular flexibility index (Phi) is 9.44. The molecule has 4 nitrogen and oxygen atoms in total. The number of aromatic nitrogens is 3. The summed E-state index contributed by atoms with van der Waals surface area (Å²) in [6.07, 6.45) is 18.1. The largest absolute Gasteiger partial charge is 0.381 e. The molecule has 0 aliphatic carbocycles. The SMILES string of the molecule is CCCCCCOCCCCCCCCCn1cnc2cnc3ccccc3c21. The Bertz CT molecular complexity index is 842. The summed E-state index contributed by atoms with van der Waals surface area (Å²) >= 11 is 0. The minimum atomic E-state index is 0.947. The maximum absolute atomic E-state index is 5.72. The lowest BCUT2D eigenvalue weighted by Gasteiger charge is -2.07. The third kappa shape index (κ3) is 6.81. The monoisotopic (exact) mass is 395 g/mol. The van der Waals surface area contributed by atoms with E-state index in [1.165, 1.54) is 81.5 Å². The van der Waals surface area contributed by atoms with Gasteiger partial charge in [0.15, 0.2) is 0 Å². The van der Waals surface area contributed by atoms with Gasteiger partial charge in [-0.2, -0.15) is 0 Å². The molecule has 0 radical (unpaired) electrons. The van der Waals surface area contributed by atoms with Crippen molar-refractivity contribution in [3.05, 3.63) is 36.8 Å². The number of pyridine rings is 1. The van der Waals surface area contributed by atoms with E-state index in [1.807, 2.05) is 18.6 Å². The van der Waals surface area contributed by atoms with Gasteiger partial charge in [0, 0.05) is 25.1 Å². The van der Waals surface area contributed by atoms with Gasteiger partial charge in [0.25, 0.3) is 0 Å². The molecule has 0 atom stereocenters. The first-order chi connectivity index (χ1) is 14.4. The molecule has 0 saturated carbocycles. The fraction of sp³-hybridized carbons (Fsp3) is 0.600. The van der Waals surface area contributed by atoms with E-state index in [4.69, 9.17) is 4.74 Å². The molecule has 0 saturated heterocycles. The maximum atomic E-state index is 5.72. The lowest BCUT2D eigenvalue weighted by atomic mass is 10.1. The molecule has 0 bridgehead atoms. The van der Waals surface area contributed by atoms with Gasteiger partial charge in [-0.05, 0) is 25.3 Å². The number of benzene rings is 1. The summed E-state index contributed by atoms with van der Waals surface area (Å²) in [6.45, 7) is 5.19. The summed E-state index contributed by atoms with van der Waals surface area (Å²) in [4.78, 5) is 9.05. The lowest BCUT2D eigenvalue weighted by molar-refractivity contribution is 0.125. The van der Waals surface area contributed by atoms with Gasteiger partial charge >= 0.3 is 0 Å². The number of hydrogen-bond acceptors (Lipinski definition) is 3. The molecule has 1 aromatic carbocycles. The van der Waals surface area contributed by atoms with Crippen molar-refractivity contribution in [1.82, 2.24) is 14.5 Å². The number of rotatable bonds is 15. The Hall–Kier alpha value is -1.94. The molecular weight excluding hydrogens is 358 g/mol. The molecule has 0 N–H and O–H groups in total. The molecule has 0 aliphatic rings. The highest BCUT2D eigenvalue weighted by Crippen LogP contribution is 2.23. The van der Waals surface area contributed by atoms with E-state index in [0.717, 1.165) is 30.8 Å². The van der Waals surface area contributed by atoms with E-state index in [1.54, 1.807) is 0 Å². The third-order valence-corrected chi connectivity index (χ3v) is 5.68. The Labute approximate surface area is 175 Å². The number of nitrogens with zero attached hydrogens (tertiary/aromatic N) is 3. The molecule has 29 heavy (non-hydrogen) atoms. The molecule has 2 aromatic heterocycles. The second-order valence-corrected chi connectivity index (χ2v) is 8.10. The van der Waals surface area contributed by atoms with Crippen LogP contribution in [0.3, 0.4) is 0 Å². The van der Waals surface area contributed by atoms with Crippen molar-refractivity contribution >= 4 is 21.9 Å². The Morgan fingerprint density at radius 2 is 1.45 bits per heavy atom. The fourth-order valence-electron chi connectivity index (χ4n) is 3.97. The predicted octanol–water partition coefficient (Wildman–Crippen LogP) is 6.91. The van der Waals surface area contributed by atoms with E-state index < -0.39 is 0 Å². The first kappa shape index (κ1) is 21.8. The van der Waals surface area contributed by atoms with Crippen LogP contribution in [0.5, 0.6) is 0 Å². The van der Waals surface area contributed by atoms with Crippen molar-refractivity contribution < 1.29 is 4.74 Å². The van der Waals surface area contributed by atoms with Crippen LogP contribution in [-0.4, -0.2) is 27.7 Å². The topological polar surface area (TPSA) is 39.9 Å². The number of unbranched alkanes of at least 4 members (excludes halogenated alkanes) is 9. The minimum absolute atomic E-state index is 0.947. The molecule has 0 amide bonds. The van der Waals surface area contributed by atoms with Gasteiger partial charge in [0.2, 0.25) is 0 Å². The number of fused-ring (bicyclic) bond motifs is 3. The molecule has 2 heterocycles. The highest BCUT2D eigenvalue weighted by atomic mass is 16.5. The van der Waals surface area contributed by atoms with Crippen molar-refractivity contribution in [2.75, 3.05) is 13.2 Å². The van der Waals surface area contributed by atoms with Crippen molar-refractivity contribution in [1.29, 1.82) is 0 Å². The van der Waals surface area contributed by atoms with Crippen LogP contribution in [0.2, 0.25) is 0 Å². The molecule has 0 aliphatic heterocycles. The summed E-state index contributed by atoms with van der Waals surface area (Å²) in [6, 6.07) is 8.35. The van der Waals surface area contributed by atoms with Crippen molar-refractivity contribution in [2.24, 2.45) is 0 Å². The van der Waals surface area contributed by atoms with Gasteiger partial charge in [-0.15, -0.1) is 0 Å². The second kappa shape index (κ2) is 12.6. The Morgan fingerprint density at radius 3 is 2.24 bits per heavy atom. The third-order valence-electron chi connectivity index (χ3n) is 5.68. The van der Waals surface area contributed by atoms with Crippen LogP contribution in [0, 0.1) is 0 Å². The van der Waals surface area contributed by atoms with Crippen LogP contribution in [0.1, 0.15) is 77.6 Å². The summed E-state index contributed by atoms with van der Waals surface area (Å²) in [5.74, 6) is 0. The molecule has 158 valence electrons. The summed E-state index contributed by atoms with van der Waals surface area (Å²) in [5, 5.41) is 1.20. The quantitative estimate of drug-likeness (QED) is 0.262. The van der Waals surface area contributed by atoms with Crippen LogP contribution >= 0.6 is 0 Å². The number of para-hydroxylation sites is 1. The normalized spacial score (nSPS) is 11.6. The van der Waals surface area contributed by atoms with E-state index in [-0.39, 0.29) is 0 Å². The minimum Gasteiger partial charge on any atom is -0.381 e. The molecular formula is C25H37N3O. The smallest absolute Gasteiger partial charge is 0.107 e. The van der Waals surface area contributed by atoms with Gasteiger partial charge in [-0.3, -0.25) is 4.98 Å². The fourth-order valence-corrected chi connectivity index (χ4v) is 3.97. The van der Waals surface area contributed by atoms with Gasteiger partial charge in [-0.1, -0.05) is 76.5 Å². The molecule has 0 fully saturated rings. The summed E-state index contributed by atoms with van der Waals surface area (Å²) in [7, 11) is 0. The van der Waals surface area contributed by atoms with Gasteiger partial charge < -0.3 is 9.30 Å². The first-order valence-corrected chi connectivity index (χ1v) is 11.7. The van der Waals surface area contributed by atoms with Gasteiger partial charge in [0.05, 0.1) is 23.6 Å². The zero-order chi connectivity index (χ0) is 20.2. The van der Waals surface area contributed by atoms with E-state index in [0.29, 0.717) is 0 Å². The van der Waals surface area contributed by atoms with E-state index >= 15 is 0 Å². The Morgan fingerprint density at radius 1 is 0.759 bits per heavy atom. The number of imidazole rings is 1. The molecule has 4 heteroatoms. The zero-order valence-corrected chi connectivity index (χ0v) is 18.1. The van der Waals surface area contributed by atoms with Crippen molar-refractivity contribution in [2.45, 2.75) is 84.1 Å². The van der Waals surface area contributed by atoms with Crippen LogP contribution in [0.15, 0.2) is 36.8 Å². The van der Waals surface area contributed by atoms with Crippen LogP contribution in [-0.2, 0) is 11.3 Å². The average Bonchev–Trinajstić information content (AvgIpc) is 3.17. The highest BCUT2D eigenvalue weighted by Gasteiger charge is 2.07. The van der Waals surface area contributed by atoms with Crippen LogP contribution < -0.4 is 0 Å². The Balaban J connectivity index is 1.26. The van der Waals surface area contributed by atoms with Crippen molar-refractivity contribution in [3.8, 4) is 0 Å². The van der Waals surface area contributed by atoms with Crippen LogP contribution in [0.25, 0.3) is 21.9 Å². The number of ether oxygens (including phenoxy) is 1. The van der Waals surface area contributed by atoms with Gasteiger partial charge in [-0.25, -0.2) is 4.98 Å². The molecule has 0 unspecified atom stereocenters. The standard InChI is InChI=1S/C25H37N3O/c1-2-3-4-13-18-29-19-14-9-7-5-6-8-12-17-28-21-27-24-20-26-23-16-11-10-15-22(23)25(24)28/h10-11,15-16,20-21H,2-9,12-14,17-19H2,1H3. The average molecular weight is 396 g/mol. The lowest BCUT2D eigenvalue weighted by Crippen LogP contribution is -1.98. The summed E-state index contributed by atoms with van der Waals surface area (Å²) < 4.78 is 8.02. The summed E-state index contributed by atoms with van der Waals surface area (Å²) in [5.41, 5.74) is 3.27. The van der Waals surface area contributed by atoms with E-state index in [9.17, 15) is 0 Å². The molecule has 0 spiro atoms. The number of aryl methyl sites for hydroxylation is 1. The predicted molar refractivity (Wildman–Crippen MR) is 122 cm³/mol. The first-order valence-electron chi connectivity index (χ1n) is 11.7. The second-order valence-electron chi connectivity index (χ2n) is 8.10. The number of hydrogen-bond donors (Lipinski definition) is 0. The van der Waals surface area contributed by atoms with Crippen molar-refractivity contribution in [3.63, 3.8) is 0 Å². The highest BCUT2D eigenvalue weighted by molar-refractivity contribution is 6.01. The van der Waals surface area contributed by atoms with Crippen LogP contribution in [0.4, 0.5) is 0 Å². The zero-order valence-electron chi connectivity index (χ0n) is 18.1. The van der Waals surface area contributed by atoms with Gasteiger partial charge in [0.1, 0.15) is 5.52 Å². The molecule has 3 rings (SSSR count). The van der Waals surface area contributed by atoms with E-state index in [2.05, 4.69) is 39.7 Å². The molecule has 3 aromatic rings. The maximum Gasteiger partial charge on any atom is 0.107 e.